The van der Waals surface area contributed by atoms with Crippen molar-refractivity contribution in [3.05, 3.63) is 42.0 Å². The first kappa shape index (κ1) is 23.6. The minimum Gasteiger partial charge on any atom is -0.454 e. The maximum Gasteiger partial charge on any atom is 0.243 e. The summed E-state index contributed by atoms with van der Waals surface area (Å²) in [6.45, 7) is 5.41. The third kappa shape index (κ3) is 4.14. The lowest BCUT2D eigenvalue weighted by atomic mass is 9.99. The predicted octanol–water partition coefficient (Wildman–Crippen LogP) is 2.78. The Morgan fingerprint density at radius 3 is 2.63 bits per heavy atom. The van der Waals surface area contributed by atoms with Crippen LogP contribution < -0.4 is 19.3 Å². The molecule has 0 spiro atoms. The molecule has 0 aliphatic carbocycles. The van der Waals surface area contributed by atoms with Crippen LogP contribution in [0.15, 0.2) is 41.3 Å². The van der Waals surface area contributed by atoms with Crippen LogP contribution in [0.1, 0.15) is 32.3 Å². The molecule has 0 radical (unpaired) electrons. The van der Waals surface area contributed by atoms with Gasteiger partial charge in [-0.15, -0.1) is 0 Å². The number of rotatable bonds is 6. The quantitative estimate of drug-likeness (QED) is 0.607. The fourth-order valence-corrected chi connectivity index (χ4v) is 6.58. The minimum absolute atomic E-state index is 0.109. The van der Waals surface area contributed by atoms with E-state index in [1.54, 1.807) is 46.2 Å². The fourth-order valence-electron chi connectivity index (χ4n) is 5.07. The molecule has 3 heterocycles. The molecule has 1 unspecified atom stereocenters. The van der Waals surface area contributed by atoms with Crippen LogP contribution in [-0.2, 0) is 26.0 Å². The molecule has 0 bridgehead atoms. The predicted molar refractivity (Wildman–Crippen MR) is 130 cm³/mol. The first-order valence-electron chi connectivity index (χ1n) is 12.0. The molecule has 3 aliphatic heterocycles. The highest BCUT2D eigenvalue weighted by atomic mass is 32.2. The van der Waals surface area contributed by atoms with E-state index in [2.05, 4.69) is 0 Å². The molecule has 2 aromatic carbocycles. The van der Waals surface area contributed by atoms with E-state index >= 15 is 0 Å². The lowest BCUT2D eigenvalue weighted by Gasteiger charge is -2.32. The minimum atomic E-state index is -3.58. The summed E-state index contributed by atoms with van der Waals surface area (Å²) < 4.78 is 38.1. The third-order valence-electron chi connectivity index (χ3n) is 6.92. The van der Waals surface area contributed by atoms with Crippen molar-refractivity contribution in [2.45, 2.75) is 38.0 Å². The molecule has 1 atom stereocenters. The van der Waals surface area contributed by atoms with Gasteiger partial charge in [0, 0.05) is 50.0 Å². The van der Waals surface area contributed by atoms with Gasteiger partial charge in [-0.25, -0.2) is 8.42 Å². The molecule has 9 nitrogen and oxygen atoms in total. The first-order chi connectivity index (χ1) is 16.8. The van der Waals surface area contributed by atoms with Gasteiger partial charge in [0.15, 0.2) is 11.5 Å². The van der Waals surface area contributed by atoms with Gasteiger partial charge in [-0.1, -0.05) is 13.8 Å². The average molecular weight is 500 g/mol. The summed E-state index contributed by atoms with van der Waals surface area (Å²) in [5.74, 6) is 0.533. The number of anilines is 2. The summed E-state index contributed by atoms with van der Waals surface area (Å²) in [6.07, 6.45) is 1.57. The van der Waals surface area contributed by atoms with Gasteiger partial charge in [-0.05, 0) is 48.7 Å². The van der Waals surface area contributed by atoms with Crippen molar-refractivity contribution in [1.29, 1.82) is 0 Å². The Morgan fingerprint density at radius 2 is 1.86 bits per heavy atom. The van der Waals surface area contributed by atoms with E-state index in [0.717, 1.165) is 17.7 Å². The molecular weight excluding hydrogens is 470 g/mol. The lowest BCUT2D eigenvalue weighted by Crippen LogP contribution is -2.40. The maximum atomic E-state index is 13.5. The second-order valence-electron chi connectivity index (χ2n) is 8.92. The number of hydrogen-bond acceptors (Lipinski definition) is 6. The first-order valence-corrected chi connectivity index (χ1v) is 13.4. The molecule has 0 N–H and O–H groups in total. The molecule has 3 aliphatic rings. The molecule has 5 rings (SSSR count). The van der Waals surface area contributed by atoms with Gasteiger partial charge >= 0.3 is 0 Å². The molecule has 1 saturated heterocycles. The van der Waals surface area contributed by atoms with Crippen molar-refractivity contribution >= 4 is 33.2 Å². The second-order valence-corrected chi connectivity index (χ2v) is 10.9. The van der Waals surface area contributed by atoms with Gasteiger partial charge in [0.05, 0.1) is 10.8 Å². The molecule has 10 heteroatoms. The van der Waals surface area contributed by atoms with Crippen molar-refractivity contribution in [1.82, 2.24) is 4.31 Å². The van der Waals surface area contributed by atoms with Crippen LogP contribution in [0.3, 0.4) is 0 Å². The zero-order valence-corrected chi connectivity index (χ0v) is 20.7. The van der Waals surface area contributed by atoms with Crippen molar-refractivity contribution in [2.75, 3.05) is 42.8 Å². The summed E-state index contributed by atoms with van der Waals surface area (Å²) in [6, 6.07) is 10.3. The van der Waals surface area contributed by atoms with Gasteiger partial charge in [0.2, 0.25) is 28.6 Å². The number of aryl methyl sites for hydroxylation is 1. The summed E-state index contributed by atoms with van der Waals surface area (Å²) >= 11 is 0. The smallest absolute Gasteiger partial charge is 0.243 e. The van der Waals surface area contributed by atoms with Crippen LogP contribution in [0, 0.1) is 5.92 Å². The number of sulfonamides is 1. The van der Waals surface area contributed by atoms with Crippen LogP contribution in [0.2, 0.25) is 0 Å². The van der Waals surface area contributed by atoms with E-state index in [9.17, 15) is 18.0 Å². The highest BCUT2D eigenvalue weighted by Gasteiger charge is 2.39. The Hall–Kier alpha value is -3.11. The van der Waals surface area contributed by atoms with Gasteiger partial charge in [0.1, 0.15) is 0 Å². The molecule has 1 fully saturated rings. The molecule has 2 amide bonds. The highest BCUT2D eigenvalue weighted by molar-refractivity contribution is 7.89. The highest BCUT2D eigenvalue weighted by Crippen LogP contribution is 2.38. The Morgan fingerprint density at radius 1 is 1.09 bits per heavy atom. The number of ether oxygens (including phenoxy) is 2. The Bertz CT molecular complexity index is 1270. The van der Waals surface area contributed by atoms with E-state index in [0.29, 0.717) is 43.2 Å². The van der Waals surface area contributed by atoms with E-state index in [1.165, 1.54) is 4.31 Å². The summed E-state index contributed by atoms with van der Waals surface area (Å²) in [7, 11) is -3.58. The Balaban J connectivity index is 1.36. The standard InChI is InChI=1S/C25H29N3O6S/c1-3-26(4-2)35(31,32)20-8-9-21-17(12-20)6-5-11-27(21)25(30)18-13-24(29)28(15-18)19-7-10-22-23(14-19)34-16-33-22/h7-10,12,14,18H,3-6,11,13,15-16H2,1-2H3. The van der Waals surface area contributed by atoms with Gasteiger partial charge in [-0.2, -0.15) is 4.31 Å². The summed E-state index contributed by atoms with van der Waals surface area (Å²) in [5.41, 5.74) is 2.25. The molecule has 186 valence electrons. The van der Waals surface area contributed by atoms with Crippen molar-refractivity contribution in [2.24, 2.45) is 5.92 Å². The van der Waals surface area contributed by atoms with Gasteiger partial charge in [0.25, 0.3) is 0 Å². The van der Waals surface area contributed by atoms with Crippen LogP contribution in [0.5, 0.6) is 11.5 Å². The van der Waals surface area contributed by atoms with Gasteiger partial charge < -0.3 is 19.3 Å². The van der Waals surface area contributed by atoms with E-state index in [-0.39, 0.29) is 36.5 Å². The van der Waals surface area contributed by atoms with Crippen molar-refractivity contribution in [3.8, 4) is 11.5 Å². The number of carbonyl (C=O) groups excluding carboxylic acids is 2. The molecular formula is C25H29N3O6S. The molecule has 35 heavy (non-hydrogen) atoms. The average Bonchev–Trinajstić information content (AvgIpc) is 3.49. The van der Waals surface area contributed by atoms with Crippen LogP contribution in [0.4, 0.5) is 11.4 Å². The normalized spacial score (nSPS) is 19.4. The topological polar surface area (TPSA) is 96.5 Å². The number of nitrogens with zero attached hydrogens (tertiary/aromatic N) is 3. The monoisotopic (exact) mass is 499 g/mol. The molecule has 2 aromatic rings. The number of amides is 2. The molecule has 0 aromatic heterocycles. The van der Waals surface area contributed by atoms with Crippen LogP contribution >= 0.6 is 0 Å². The number of carbonyl (C=O) groups is 2. The fraction of sp³-hybridized carbons (Fsp3) is 0.440. The number of hydrogen-bond donors (Lipinski definition) is 0. The van der Waals surface area contributed by atoms with Crippen LogP contribution in [-0.4, -0.2) is 57.5 Å². The van der Waals surface area contributed by atoms with Gasteiger partial charge in [-0.3, -0.25) is 9.59 Å². The SMILES string of the molecule is CCN(CC)S(=O)(=O)c1ccc2c(c1)CCCN2C(=O)C1CC(=O)N(c2ccc3c(c2)OCO3)C1. The molecule has 0 saturated carbocycles. The summed E-state index contributed by atoms with van der Waals surface area (Å²) in [4.78, 5) is 29.9. The van der Waals surface area contributed by atoms with E-state index in [1.807, 2.05) is 13.8 Å². The summed E-state index contributed by atoms with van der Waals surface area (Å²) in [5, 5.41) is 0. The van der Waals surface area contributed by atoms with E-state index < -0.39 is 15.9 Å². The van der Waals surface area contributed by atoms with E-state index in [4.69, 9.17) is 9.47 Å². The van der Waals surface area contributed by atoms with Crippen LogP contribution in [0.25, 0.3) is 0 Å². The number of fused-ring (bicyclic) bond motifs is 2. The lowest BCUT2D eigenvalue weighted by molar-refractivity contribution is -0.124. The number of benzene rings is 2. The Labute approximate surface area is 205 Å². The van der Waals surface area contributed by atoms with Crippen molar-refractivity contribution < 1.29 is 27.5 Å². The third-order valence-corrected chi connectivity index (χ3v) is 8.97. The second kappa shape index (κ2) is 9.16. The maximum absolute atomic E-state index is 13.5. The largest absolute Gasteiger partial charge is 0.454 e. The Kier molecular flexibility index (Phi) is 6.18. The zero-order valence-electron chi connectivity index (χ0n) is 19.9. The van der Waals surface area contributed by atoms with Crippen molar-refractivity contribution in [3.63, 3.8) is 0 Å². The zero-order chi connectivity index (χ0) is 24.7.